The SMILES string of the molecule is COc1ccc(C(CNC(=O)CSc2nc3ccccc3n2C)N2CCCCC2)cc1. The van der Waals surface area contributed by atoms with Gasteiger partial charge in [-0.05, 0) is 55.8 Å². The van der Waals surface area contributed by atoms with E-state index in [9.17, 15) is 4.79 Å². The van der Waals surface area contributed by atoms with E-state index in [4.69, 9.17) is 4.74 Å². The number of benzene rings is 2. The zero-order chi connectivity index (χ0) is 21.6. The maximum absolute atomic E-state index is 12.7. The fraction of sp³-hybridized carbons (Fsp3) is 0.417. The van der Waals surface area contributed by atoms with E-state index in [1.165, 1.54) is 36.6 Å². The quantitative estimate of drug-likeness (QED) is 0.539. The Morgan fingerprint density at radius 2 is 1.87 bits per heavy atom. The lowest BCUT2D eigenvalue weighted by molar-refractivity contribution is -0.118. The van der Waals surface area contributed by atoms with Crippen molar-refractivity contribution < 1.29 is 9.53 Å². The summed E-state index contributed by atoms with van der Waals surface area (Å²) in [4.78, 5) is 19.8. The summed E-state index contributed by atoms with van der Waals surface area (Å²) in [5.74, 6) is 1.24. The Morgan fingerprint density at radius 3 is 2.58 bits per heavy atom. The van der Waals surface area contributed by atoms with Gasteiger partial charge in [0, 0.05) is 13.6 Å². The van der Waals surface area contributed by atoms with Gasteiger partial charge < -0.3 is 14.6 Å². The number of carbonyl (C=O) groups is 1. The van der Waals surface area contributed by atoms with Crippen LogP contribution in [-0.4, -0.2) is 52.9 Å². The lowest BCUT2D eigenvalue weighted by Crippen LogP contribution is -2.41. The molecule has 0 spiro atoms. The number of carbonyl (C=O) groups excluding carboxylic acids is 1. The Hall–Kier alpha value is -2.51. The molecule has 0 radical (unpaired) electrons. The molecule has 1 atom stereocenters. The standard InChI is InChI=1S/C24H30N4O2S/c1-27-21-9-5-4-8-20(21)26-24(27)31-17-23(29)25-16-22(28-14-6-3-7-15-28)18-10-12-19(30-2)13-11-18/h4-5,8-13,22H,3,6-7,14-17H2,1-2H3,(H,25,29). The summed E-state index contributed by atoms with van der Waals surface area (Å²) in [7, 11) is 3.67. The summed E-state index contributed by atoms with van der Waals surface area (Å²) in [6, 6.07) is 16.4. The third-order valence-electron chi connectivity index (χ3n) is 5.90. The van der Waals surface area contributed by atoms with Crippen molar-refractivity contribution in [3.05, 3.63) is 54.1 Å². The van der Waals surface area contributed by atoms with Crippen molar-refractivity contribution in [3.8, 4) is 5.75 Å². The monoisotopic (exact) mass is 438 g/mol. The third kappa shape index (κ3) is 5.22. The van der Waals surface area contributed by atoms with Crippen LogP contribution >= 0.6 is 11.8 Å². The van der Waals surface area contributed by atoms with Crippen molar-refractivity contribution >= 4 is 28.7 Å². The van der Waals surface area contributed by atoms with Crippen LogP contribution < -0.4 is 10.1 Å². The van der Waals surface area contributed by atoms with Crippen molar-refractivity contribution in [2.24, 2.45) is 7.05 Å². The molecule has 2 aromatic carbocycles. The number of nitrogens with zero attached hydrogens (tertiary/aromatic N) is 3. The second-order valence-electron chi connectivity index (χ2n) is 7.92. The minimum Gasteiger partial charge on any atom is -0.497 e. The second-order valence-corrected chi connectivity index (χ2v) is 8.86. The third-order valence-corrected chi connectivity index (χ3v) is 6.93. The molecule has 1 N–H and O–H groups in total. The van der Waals surface area contributed by atoms with Gasteiger partial charge in [0.25, 0.3) is 0 Å². The number of aryl methyl sites for hydroxylation is 1. The highest BCUT2D eigenvalue weighted by Crippen LogP contribution is 2.26. The molecule has 1 amide bonds. The number of imidazole rings is 1. The molecule has 164 valence electrons. The summed E-state index contributed by atoms with van der Waals surface area (Å²) in [5.41, 5.74) is 3.25. The van der Waals surface area contributed by atoms with E-state index in [2.05, 4.69) is 27.3 Å². The first-order valence-corrected chi connectivity index (χ1v) is 11.8. The predicted molar refractivity (Wildman–Crippen MR) is 126 cm³/mol. The summed E-state index contributed by atoms with van der Waals surface area (Å²) >= 11 is 1.48. The van der Waals surface area contributed by atoms with Crippen LogP contribution in [0.25, 0.3) is 11.0 Å². The first kappa shape index (κ1) is 21.7. The first-order chi connectivity index (χ1) is 15.2. The number of piperidine rings is 1. The van der Waals surface area contributed by atoms with Crippen molar-refractivity contribution in [2.45, 2.75) is 30.5 Å². The molecular weight excluding hydrogens is 408 g/mol. The lowest BCUT2D eigenvalue weighted by atomic mass is 10.0. The Morgan fingerprint density at radius 1 is 1.13 bits per heavy atom. The number of fused-ring (bicyclic) bond motifs is 1. The minimum absolute atomic E-state index is 0.0348. The van der Waals surface area contributed by atoms with E-state index in [1.54, 1.807) is 7.11 Å². The van der Waals surface area contributed by atoms with Gasteiger partial charge in [-0.1, -0.05) is 42.4 Å². The molecule has 1 unspecified atom stereocenters. The van der Waals surface area contributed by atoms with Gasteiger partial charge in [0.1, 0.15) is 5.75 Å². The average molecular weight is 439 g/mol. The number of thioether (sulfide) groups is 1. The second kappa shape index (κ2) is 10.2. The number of aromatic nitrogens is 2. The van der Waals surface area contributed by atoms with Crippen LogP contribution in [0.4, 0.5) is 0 Å². The van der Waals surface area contributed by atoms with Gasteiger partial charge in [0.05, 0.1) is 29.9 Å². The summed E-state index contributed by atoms with van der Waals surface area (Å²) in [6.45, 7) is 2.75. The summed E-state index contributed by atoms with van der Waals surface area (Å²) < 4.78 is 7.35. The summed E-state index contributed by atoms with van der Waals surface area (Å²) in [6.07, 6.45) is 3.71. The molecule has 1 aromatic heterocycles. The number of hydrogen-bond donors (Lipinski definition) is 1. The van der Waals surface area contributed by atoms with Crippen LogP contribution in [0.1, 0.15) is 30.9 Å². The van der Waals surface area contributed by atoms with Gasteiger partial charge in [-0.3, -0.25) is 9.69 Å². The van der Waals surface area contributed by atoms with E-state index in [-0.39, 0.29) is 11.9 Å². The molecule has 0 saturated carbocycles. The van der Waals surface area contributed by atoms with Gasteiger partial charge in [0.15, 0.2) is 5.16 Å². The zero-order valence-electron chi connectivity index (χ0n) is 18.2. The smallest absolute Gasteiger partial charge is 0.230 e. The fourth-order valence-corrected chi connectivity index (χ4v) is 4.98. The molecule has 3 aromatic rings. The predicted octanol–water partition coefficient (Wildman–Crippen LogP) is 4.02. The van der Waals surface area contributed by atoms with Crippen LogP contribution in [0.5, 0.6) is 5.75 Å². The van der Waals surface area contributed by atoms with Crippen LogP contribution in [0.2, 0.25) is 0 Å². The van der Waals surface area contributed by atoms with Crippen molar-refractivity contribution in [1.82, 2.24) is 19.8 Å². The van der Waals surface area contributed by atoms with E-state index >= 15 is 0 Å². The highest BCUT2D eigenvalue weighted by atomic mass is 32.2. The molecule has 0 bridgehead atoms. The van der Waals surface area contributed by atoms with Crippen molar-refractivity contribution in [2.75, 3.05) is 32.5 Å². The molecule has 2 heterocycles. The number of ether oxygens (including phenoxy) is 1. The van der Waals surface area contributed by atoms with Crippen LogP contribution in [0.3, 0.4) is 0 Å². The number of rotatable bonds is 8. The molecule has 7 heteroatoms. The van der Waals surface area contributed by atoms with Gasteiger partial charge in [-0.15, -0.1) is 0 Å². The Bertz CT molecular complexity index is 1010. The average Bonchev–Trinajstić information content (AvgIpc) is 3.14. The fourth-order valence-electron chi connectivity index (χ4n) is 4.16. The topological polar surface area (TPSA) is 59.4 Å². The number of methoxy groups -OCH3 is 1. The molecule has 1 fully saturated rings. The lowest BCUT2D eigenvalue weighted by Gasteiger charge is -2.35. The highest BCUT2D eigenvalue weighted by molar-refractivity contribution is 7.99. The molecule has 1 saturated heterocycles. The minimum atomic E-state index is 0.0348. The van der Waals surface area contributed by atoms with Gasteiger partial charge >= 0.3 is 0 Å². The normalized spacial score (nSPS) is 15.7. The zero-order valence-corrected chi connectivity index (χ0v) is 19.0. The number of para-hydroxylation sites is 2. The van der Waals surface area contributed by atoms with E-state index < -0.39 is 0 Å². The molecule has 4 rings (SSSR count). The number of hydrogen-bond acceptors (Lipinski definition) is 5. The van der Waals surface area contributed by atoms with Crippen molar-refractivity contribution in [1.29, 1.82) is 0 Å². The first-order valence-electron chi connectivity index (χ1n) is 10.8. The van der Waals surface area contributed by atoms with Crippen LogP contribution in [0.15, 0.2) is 53.7 Å². The molecular formula is C24H30N4O2S. The molecule has 6 nitrogen and oxygen atoms in total. The Balaban J connectivity index is 1.38. The summed E-state index contributed by atoms with van der Waals surface area (Å²) in [5, 5.41) is 4.02. The van der Waals surface area contributed by atoms with Crippen LogP contribution in [0, 0.1) is 0 Å². The van der Waals surface area contributed by atoms with Gasteiger partial charge in [-0.2, -0.15) is 0 Å². The van der Waals surface area contributed by atoms with Gasteiger partial charge in [0.2, 0.25) is 5.91 Å². The Labute approximate surface area is 188 Å². The number of amides is 1. The largest absolute Gasteiger partial charge is 0.497 e. The van der Waals surface area contributed by atoms with Crippen molar-refractivity contribution in [3.63, 3.8) is 0 Å². The molecule has 1 aliphatic heterocycles. The van der Waals surface area contributed by atoms with Crippen LogP contribution in [-0.2, 0) is 11.8 Å². The van der Waals surface area contributed by atoms with E-state index in [0.29, 0.717) is 12.3 Å². The highest BCUT2D eigenvalue weighted by Gasteiger charge is 2.23. The molecule has 0 aliphatic carbocycles. The van der Waals surface area contributed by atoms with E-state index in [0.717, 1.165) is 35.0 Å². The van der Waals surface area contributed by atoms with E-state index in [1.807, 2.05) is 48.0 Å². The molecule has 1 aliphatic rings. The Kier molecular flexibility index (Phi) is 7.14. The maximum atomic E-state index is 12.7. The van der Waals surface area contributed by atoms with Gasteiger partial charge in [-0.25, -0.2) is 4.98 Å². The molecule has 31 heavy (non-hydrogen) atoms. The number of likely N-dealkylation sites (tertiary alicyclic amines) is 1. The maximum Gasteiger partial charge on any atom is 0.230 e. The number of nitrogens with one attached hydrogen (secondary N) is 1.